The Kier molecular flexibility index (Phi) is 10.3. The number of benzene rings is 2. The SMILES string of the molecule is CN=C(NCCc1ccc(C)c(OC)c1)NCC(=O)Nc1cccc(F)c1.I. The Bertz CT molecular complexity index is 815. The minimum Gasteiger partial charge on any atom is -0.496 e. The van der Waals surface area contributed by atoms with Crippen LogP contribution in [0.15, 0.2) is 47.5 Å². The maximum absolute atomic E-state index is 13.1. The molecule has 0 saturated heterocycles. The van der Waals surface area contributed by atoms with Gasteiger partial charge in [0.2, 0.25) is 5.91 Å². The minimum atomic E-state index is -0.397. The molecular weight excluding hydrogens is 474 g/mol. The molecule has 0 saturated carbocycles. The summed E-state index contributed by atoms with van der Waals surface area (Å²) in [5.41, 5.74) is 2.65. The van der Waals surface area contributed by atoms with E-state index in [-0.39, 0.29) is 36.4 Å². The van der Waals surface area contributed by atoms with E-state index in [1.807, 2.05) is 19.1 Å². The van der Waals surface area contributed by atoms with Gasteiger partial charge in [0.1, 0.15) is 11.6 Å². The summed E-state index contributed by atoms with van der Waals surface area (Å²) in [7, 11) is 3.29. The summed E-state index contributed by atoms with van der Waals surface area (Å²) in [5, 5.41) is 8.71. The summed E-state index contributed by atoms with van der Waals surface area (Å²) >= 11 is 0. The minimum absolute atomic E-state index is 0. The van der Waals surface area contributed by atoms with E-state index in [4.69, 9.17) is 4.74 Å². The molecule has 0 fully saturated rings. The number of anilines is 1. The number of carbonyl (C=O) groups is 1. The van der Waals surface area contributed by atoms with Crippen molar-refractivity contribution in [2.24, 2.45) is 4.99 Å². The smallest absolute Gasteiger partial charge is 0.243 e. The van der Waals surface area contributed by atoms with Crippen LogP contribution in [0.5, 0.6) is 5.75 Å². The van der Waals surface area contributed by atoms with E-state index < -0.39 is 5.82 Å². The van der Waals surface area contributed by atoms with Gasteiger partial charge in [-0.15, -0.1) is 24.0 Å². The Balaban J connectivity index is 0.00000392. The molecule has 28 heavy (non-hydrogen) atoms. The maximum Gasteiger partial charge on any atom is 0.243 e. The Hall–Kier alpha value is -2.36. The van der Waals surface area contributed by atoms with Crippen molar-refractivity contribution in [3.8, 4) is 5.75 Å². The highest BCUT2D eigenvalue weighted by Gasteiger charge is 2.05. The predicted octanol–water partition coefficient (Wildman–Crippen LogP) is 3.11. The quantitative estimate of drug-likeness (QED) is 0.311. The van der Waals surface area contributed by atoms with E-state index >= 15 is 0 Å². The number of guanidine groups is 1. The van der Waals surface area contributed by atoms with Crippen molar-refractivity contribution >= 4 is 41.5 Å². The van der Waals surface area contributed by atoms with Gasteiger partial charge >= 0.3 is 0 Å². The van der Waals surface area contributed by atoms with Gasteiger partial charge in [-0.2, -0.15) is 0 Å². The molecule has 2 rings (SSSR count). The summed E-state index contributed by atoms with van der Waals surface area (Å²) in [6, 6.07) is 11.9. The van der Waals surface area contributed by atoms with Gasteiger partial charge in [0, 0.05) is 19.3 Å². The summed E-state index contributed by atoms with van der Waals surface area (Å²) in [5.74, 6) is 0.699. The molecular formula is C20H26FIN4O2. The monoisotopic (exact) mass is 500 g/mol. The van der Waals surface area contributed by atoms with E-state index in [0.717, 1.165) is 23.3 Å². The summed E-state index contributed by atoms with van der Waals surface area (Å²) < 4.78 is 18.5. The number of rotatable bonds is 7. The lowest BCUT2D eigenvalue weighted by Crippen LogP contribution is -2.42. The van der Waals surface area contributed by atoms with Crippen LogP contribution in [0.2, 0.25) is 0 Å². The van der Waals surface area contributed by atoms with Crippen molar-refractivity contribution in [3.63, 3.8) is 0 Å². The highest BCUT2D eigenvalue weighted by Crippen LogP contribution is 2.18. The second-order valence-electron chi connectivity index (χ2n) is 5.97. The molecule has 0 aliphatic heterocycles. The first-order chi connectivity index (χ1) is 13.0. The molecule has 0 heterocycles. The lowest BCUT2D eigenvalue weighted by molar-refractivity contribution is -0.115. The number of carbonyl (C=O) groups excluding carboxylic acids is 1. The number of ether oxygens (including phenoxy) is 1. The molecule has 2 aromatic carbocycles. The number of nitrogens with one attached hydrogen (secondary N) is 3. The standard InChI is InChI=1S/C20H25FN4O2.HI/c1-14-7-8-15(11-18(14)27-3)9-10-23-20(22-2)24-13-19(26)25-17-6-4-5-16(21)12-17;/h4-8,11-12H,9-10,13H2,1-3H3,(H,25,26)(H2,22,23,24);1H. The largest absolute Gasteiger partial charge is 0.496 e. The first-order valence-corrected chi connectivity index (χ1v) is 8.65. The third-order valence-electron chi connectivity index (χ3n) is 3.93. The molecule has 0 spiro atoms. The van der Waals surface area contributed by atoms with Gasteiger partial charge in [-0.05, 0) is 48.7 Å². The normalized spacial score (nSPS) is 10.6. The number of hydrogen-bond acceptors (Lipinski definition) is 3. The second kappa shape index (κ2) is 12.2. The number of amides is 1. The van der Waals surface area contributed by atoms with Crippen LogP contribution in [-0.4, -0.2) is 39.1 Å². The predicted molar refractivity (Wildman–Crippen MR) is 121 cm³/mol. The van der Waals surface area contributed by atoms with Crippen LogP contribution < -0.4 is 20.7 Å². The Morgan fingerprint density at radius 2 is 1.96 bits per heavy atom. The molecule has 8 heteroatoms. The fourth-order valence-corrected chi connectivity index (χ4v) is 2.50. The molecule has 3 N–H and O–H groups in total. The van der Waals surface area contributed by atoms with Gasteiger partial charge in [0.25, 0.3) is 0 Å². The fraction of sp³-hybridized carbons (Fsp3) is 0.300. The van der Waals surface area contributed by atoms with Crippen molar-refractivity contribution in [2.75, 3.05) is 32.6 Å². The molecule has 152 valence electrons. The first-order valence-electron chi connectivity index (χ1n) is 8.65. The van der Waals surface area contributed by atoms with E-state index in [1.54, 1.807) is 26.3 Å². The van der Waals surface area contributed by atoms with Gasteiger partial charge in [-0.1, -0.05) is 18.2 Å². The molecule has 1 amide bonds. The number of hydrogen-bond donors (Lipinski definition) is 3. The number of nitrogens with zero attached hydrogens (tertiary/aromatic N) is 1. The average Bonchev–Trinajstić information content (AvgIpc) is 2.65. The van der Waals surface area contributed by atoms with Crippen LogP contribution in [0, 0.1) is 12.7 Å². The van der Waals surface area contributed by atoms with Crippen LogP contribution >= 0.6 is 24.0 Å². The molecule has 0 aliphatic rings. The van der Waals surface area contributed by atoms with Gasteiger partial charge in [-0.25, -0.2) is 4.39 Å². The van der Waals surface area contributed by atoms with Gasteiger partial charge in [-0.3, -0.25) is 9.79 Å². The van der Waals surface area contributed by atoms with E-state index in [0.29, 0.717) is 18.2 Å². The lowest BCUT2D eigenvalue weighted by atomic mass is 10.1. The van der Waals surface area contributed by atoms with Crippen LogP contribution in [0.1, 0.15) is 11.1 Å². The molecule has 0 atom stereocenters. The lowest BCUT2D eigenvalue weighted by Gasteiger charge is -2.13. The van der Waals surface area contributed by atoms with E-state index in [9.17, 15) is 9.18 Å². The maximum atomic E-state index is 13.1. The topological polar surface area (TPSA) is 74.8 Å². The van der Waals surface area contributed by atoms with Crippen molar-refractivity contribution in [1.29, 1.82) is 0 Å². The fourth-order valence-electron chi connectivity index (χ4n) is 2.50. The average molecular weight is 500 g/mol. The zero-order valence-electron chi connectivity index (χ0n) is 16.2. The molecule has 0 aromatic heterocycles. The summed E-state index contributed by atoms with van der Waals surface area (Å²) in [6.07, 6.45) is 0.785. The van der Waals surface area contributed by atoms with E-state index in [1.165, 1.54) is 12.1 Å². The number of methoxy groups -OCH3 is 1. The third-order valence-corrected chi connectivity index (χ3v) is 3.93. The van der Waals surface area contributed by atoms with Crippen molar-refractivity contribution in [3.05, 3.63) is 59.4 Å². The summed E-state index contributed by atoms with van der Waals surface area (Å²) in [6.45, 7) is 2.67. The first kappa shape index (κ1) is 23.7. The zero-order valence-corrected chi connectivity index (χ0v) is 18.5. The number of aryl methyl sites for hydroxylation is 1. The van der Waals surface area contributed by atoms with Crippen LogP contribution in [0.4, 0.5) is 10.1 Å². The number of halogens is 2. The Labute approximate surface area is 182 Å². The Morgan fingerprint density at radius 1 is 1.18 bits per heavy atom. The molecule has 0 unspecified atom stereocenters. The highest BCUT2D eigenvalue weighted by molar-refractivity contribution is 14.0. The molecule has 6 nitrogen and oxygen atoms in total. The number of aliphatic imine (C=N–C) groups is 1. The van der Waals surface area contributed by atoms with Gasteiger partial charge in [0.05, 0.1) is 13.7 Å². The molecule has 0 radical (unpaired) electrons. The molecule has 0 aliphatic carbocycles. The van der Waals surface area contributed by atoms with Crippen molar-refractivity contribution < 1.29 is 13.9 Å². The molecule has 2 aromatic rings. The second-order valence-corrected chi connectivity index (χ2v) is 5.97. The Morgan fingerprint density at radius 3 is 2.64 bits per heavy atom. The van der Waals surface area contributed by atoms with Gasteiger partial charge in [0.15, 0.2) is 5.96 Å². The molecule has 0 bridgehead atoms. The van der Waals surface area contributed by atoms with Crippen LogP contribution in [0.25, 0.3) is 0 Å². The van der Waals surface area contributed by atoms with Crippen LogP contribution in [-0.2, 0) is 11.2 Å². The highest BCUT2D eigenvalue weighted by atomic mass is 127. The van der Waals surface area contributed by atoms with Crippen LogP contribution in [0.3, 0.4) is 0 Å². The van der Waals surface area contributed by atoms with E-state index in [2.05, 4.69) is 27.0 Å². The van der Waals surface area contributed by atoms with Gasteiger partial charge < -0.3 is 20.7 Å². The van der Waals surface area contributed by atoms with Crippen molar-refractivity contribution in [1.82, 2.24) is 10.6 Å². The van der Waals surface area contributed by atoms with Crippen molar-refractivity contribution in [2.45, 2.75) is 13.3 Å². The zero-order chi connectivity index (χ0) is 19.6. The third kappa shape index (κ3) is 7.71. The summed E-state index contributed by atoms with van der Waals surface area (Å²) in [4.78, 5) is 16.0.